The van der Waals surface area contributed by atoms with Gasteiger partial charge in [0, 0.05) is 6.54 Å². The van der Waals surface area contributed by atoms with Crippen molar-refractivity contribution in [2.75, 3.05) is 13.7 Å². The summed E-state index contributed by atoms with van der Waals surface area (Å²) in [5.41, 5.74) is -0.725. The third kappa shape index (κ3) is 11.6. The normalized spacial score (nSPS) is 12.9. The highest BCUT2D eigenvalue weighted by Crippen LogP contribution is 2.10. The highest BCUT2D eigenvalue weighted by atomic mass is 16.6. The molecule has 0 aliphatic rings. The predicted octanol–water partition coefficient (Wildman–Crippen LogP) is 1.11. The molecule has 0 aliphatic heterocycles. The van der Waals surface area contributed by atoms with Gasteiger partial charge >= 0.3 is 12.1 Å². The number of methoxy groups -OCH3 is 1. The number of amides is 3. The van der Waals surface area contributed by atoms with Crippen LogP contribution >= 0.6 is 0 Å². The van der Waals surface area contributed by atoms with Gasteiger partial charge in [-0.2, -0.15) is 0 Å². The standard InChI is InChI=1S/C20H33N3O6/c1-8-15(24)21-12-10-9-11-14(22-19(27)29-20(4,5)6)17(25)23-16(13(2)3)18(26)28-7/h1,13-14,16H,9-12H2,2-7H3,(H,21,24)(H,22,27)(H,23,25)/t14-,16+/m0/s1. The molecular formula is C20H33N3O6. The van der Waals surface area contributed by atoms with Crippen molar-refractivity contribution in [2.24, 2.45) is 5.92 Å². The Balaban J connectivity index is 5.02. The second-order valence-electron chi connectivity index (χ2n) is 7.85. The Hall–Kier alpha value is -2.76. The molecule has 0 saturated heterocycles. The van der Waals surface area contributed by atoms with Gasteiger partial charge in [-0.3, -0.25) is 9.59 Å². The summed E-state index contributed by atoms with van der Waals surface area (Å²) in [6, 6.07) is -1.76. The topological polar surface area (TPSA) is 123 Å². The number of unbranched alkanes of at least 4 members (excludes halogenated alkanes) is 1. The summed E-state index contributed by atoms with van der Waals surface area (Å²) in [7, 11) is 1.24. The van der Waals surface area contributed by atoms with Gasteiger partial charge < -0.3 is 25.4 Å². The zero-order chi connectivity index (χ0) is 22.6. The van der Waals surface area contributed by atoms with Gasteiger partial charge in [-0.1, -0.05) is 13.8 Å². The van der Waals surface area contributed by atoms with Crippen molar-refractivity contribution in [3.63, 3.8) is 0 Å². The molecule has 2 atom stereocenters. The van der Waals surface area contributed by atoms with E-state index in [-0.39, 0.29) is 12.3 Å². The Labute approximate surface area is 172 Å². The van der Waals surface area contributed by atoms with Crippen LogP contribution in [0.3, 0.4) is 0 Å². The van der Waals surface area contributed by atoms with Crippen molar-refractivity contribution < 1.29 is 28.7 Å². The first-order valence-corrected chi connectivity index (χ1v) is 9.53. The van der Waals surface area contributed by atoms with Crippen LogP contribution in [0.1, 0.15) is 53.9 Å². The smallest absolute Gasteiger partial charge is 0.408 e. The van der Waals surface area contributed by atoms with Crippen molar-refractivity contribution >= 4 is 23.9 Å². The van der Waals surface area contributed by atoms with E-state index in [4.69, 9.17) is 15.9 Å². The van der Waals surface area contributed by atoms with Crippen LogP contribution in [0.2, 0.25) is 0 Å². The van der Waals surface area contributed by atoms with Gasteiger partial charge in [-0.25, -0.2) is 9.59 Å². The minimum atomic E-state index is -0.918. The van der Waals surface area contributed by atoms with Crippen LogP contribution in [0, 0.1) is 18.3 Å². The van der Waals surface area contributed by atoms with Gasteiger partial charge in [0.25, 0.3) is 5.91 Å². The molecule has 9 nitrogen and oxygen atoms in total. The number of ether oxygens (including phenoxy) is 2. The quantitative estimate of drug-likeness (QED) is 0.281. The minimum Gasteiger partial charge on any atom is -0.467 e. The van der Waals surface area contributed by atoms with Gasteiger partial charge in [0.2, 0.25) is 5.91 Å². The lowest BCUT2D eigenvalue weighted by molar-refractivity contribution is -0.146. The van der Waals surface area contributed by atoms with E-state index in [1.54, 1.807) is 34.6 Å². The van der Waals surface area contributed by atoms with Crippen molar-refractivity contribution in [1.82, 2.24) is 16.0 Å². The highest BCUT2D eigenvalue weighted by molar-refractivity contribution is 5.92. The second-order valence-corrected chi connectivity index (χ2v) is 7.85. The van der Waals surface area contributed by atoms with Crippen LogP contribution in [-0.2, 0) is 23.9 Å². The van der Waals surface area contributed by atoms with Gasteiger partial charge in [0.05, 0.1) is 7.11 Å². The molecule has 0 bridgehead atoms. The summed E-state index contributed by atoms with van der Waals surface area (Å²) in [5.74, 6) is 0.147. The lowest BCUT2D eigenvalue weighted by atomic mass is 10.0. The molecule has 9 heteroatoms. The Morgan fingerprint density at radius 2 is 1.69 bits per heavy atom. The summed E-state index contributed by atoms with van der Waals surface area (Å²) < 4.78 is 9.94. The fourth-order valence-corrected chi connectivity index (χ4v) is 2.32. The first-order chi connectivity index (χ1) is 13.4. The van der Waals surface area contributed by atoms with Crippen LogP contribution in [0.25, 0.3) is 0 Å². The molecule has 164 valence electrons. The van der Waals surface area contributed by atoms with E-state index in [0.29, 0.717) is 19.4 Å². The van der Waals surface area contributed by atoms with Crippen LogP contribution in [0.5, 0.6) is 0 Å². The Bertz CT molecular complexity index is 619. The lowest BCUT2D eigenvalue weighted by Crippen LogP contribution is -2.53. The maximum Gasteiger partial charge on any atom is 0.408 e. The van der Waals surface area contributed by atoms with Crippen LogP contribution in [-0.4, -0.2) is 55.2 Å². The Morgan fingerprint density at radius 1 is 1.07 bits per heavy atom. The third-order valence-corrected chi connectivity index (χ3v) is 3.76. The van der Waals surface area contributed by atoms with Gasteiger partial charge in [-0.05, 0) is 51.9 Å². The summed E-state index contributed by atoms with van der Waals surface area (Å²) >= 11 is 0. The molecular weight excluding hydrogens is 378 g/mol. The predicted molar refractivity (Wildman–Crippen MR) is 108 cm³/mol. The Morgan fingerprint density at radius 3 is 2.17 bits per heavy atom. The molecule has 0 spiro atoms. The number of nitrogens with one attached hydrogen (secondary N) is 3. The van der Waals surface area contributed by atoms with E-state index in [0.717, 1.165) is 0 Å². The van der Waals surface area contributed by atoms with Crippen LogP contribution in [0.4, 0.5) is 4.79 Å². The number of rotatable bonds is 10. The fraction of sp³-hybridized carbons (Fsp3) is 0.700. The summed E-state index contributed by atoms with van der Waals surface area (Å²) in [6.07, 6.45) is 5.59. The number of terminal acetylenes is 1. The van der Waals surface area contributed by atoms with Gasteiger partial charge in [-0.15, -0.1) is 6.42 Å². The summed E-state index contributed by atoms with van der Waals surface area (Å²) in [5, 5.41) is 7.69. The zero-order valence-corrected chi connectivity index (χ0v) is 18.1. The van der Waals surface area contributed by atoms with Crippen LogP contribution < -0.4 is 16.0 Å². The second kappa shape index (κ2) is 12.6. The largest absolute Gasteiger partial charge is 0.467 e. The molecule has 0 rings (SSSR count). The first kappa shape index (κ1) is 26.2. The number of carbonyl (C=O) groups is 4. The number of alkyl carbamates (subject to hydrolysis) is 1. The van der Waals surface area contributed by atoms with Crippen molar-refractivity contribution in [3.05, 3.63) is 0 Å². The molecule has 0 aliphatic carbocycles. The Kier molecular flexibility index (Phi) is 11.4. The van der Waals surface area contributed by atoms with E-state index >= 15 is 0 Å². The lowest BCUT2D eigenvalue weighted by Gasteiger charge is -2.26. The van der Waals surface area contributed by atoms with Gasteiger partial charge in [0.1, 0.15) is 17.7 Å². The number of carbonyl (C=O) groups excluding carboxylic acids is 4. The number of hydrogen-bond donors (Lipinski definition) is 3. The molecule has 0 radical (unpaired) electrons. The van der Waals surface area contributed by atoms with Crippen molar-refractivity contribution in [2.45, 2.75) is 71.6 Å². The molecule has 0 fully saturated rings. The van der Waals surface area contributed by atoms with Gasteiger partial charge in [0.15, 0.2) is 0 Å². The molecule has 0 saturated carbocycles. The highest BCUT2D eigenvalue weighted by Gasteiger charge is 2.30. The molecule has 0 aromatic rings. The average Bonchev–Trinajstić information content (AvgIpc) is 2.61. The molecule has 0 heterocycles. The molecule has 0 unspecified atom stereocenters. The summed E-state index contributed by atoms with van der Waals surface area (Å²) in [4.78, 5) is 47.8. The zero-order valence-electron chi connectivity index (χ0n) is 18.1. The van der Waals surface area contributed by atoms with E-state index in [1.165, 1.54) is 7.11 Å². The number of hydrogen-bond acceptors (Lipinski definition) is 6. The minimum absolute atomic E-state index is 0.201. The number of esters is 1. The van der Waals surface area contributed by atoms with Crippen LogP contribution in [0.15, 0.2) is 0 Å². The maximum atomic E-state index is 12.7. The summed E-state index contributed by atoms with van der Waals surface area (Å²) in [6.45, 7) is 9.02. The molecule has 29 heavy (non-hydrogen) atoms. The molecule has 0 aromatic carbocycles. The van der Waals surface area contributed by atoms with Crippen molar-refractivity contribution in [1.29, 1.82) is 0 Å². The third-order valence-electron chi connectivity index (χ3n) is 3.76. The molecule has 3 N–H and O–H groups in total. The maximum absolute atomic E-state index is 12.7. The van der Waals surface area contributed by atoms with E-state index < -0.39 is 41.6 Å². The molecule has 3 amide bonds. The van der Waals surface area contributed by atoms with E-state index in [2.05, 4.69) is 16.0 Å². The molecule has 0 aromatic heterocycles. The van der Waals surface area contributed by atoms with E-state index in [9.17, 15) is 19.2 Å². The fourth-order valence-electron chi connectivity index (χ4n) is 2.32. The van der Waals surface area contributed by atoms with E-state index in [1.807, 2.05) is 5.92 Å². The average molecular weight is 411 g/mol. The SMILES string of the molecule is C#CC(=O)NCCCC[C@H](NC(=O)OC(C)(C)C)C(=O)N[C@@H](C(=O)OC)C(C)C. The first-order valence-electron chi connectivity index (χ1n) is 9.53. The van der Waals surface area contributed by atoms with Crippen molar-refractivity contribution in [3.8, 4) is 12.3 Å². The monoisotopic (exact) mass is 411 g/mol.